The number of fused-ring (bicyclic) bond motifs is 1. The summed E-state index contributed by atoms with van der Waals surface area (Å²) >= 11 is 0. The van der Waals surface area contributed by atoms with Crippen molar-refractivity contribution in [1.82, 2.24) is 30.0 Å². The average molecular weight is 348 g/mol. The van der Waals surface area contributed by atoms with Gasteiger partial charge < -0.3 is 14.8 Å². The molecule has 26 heavy (non-hydrogen) atoms. The minimum atomic E-state index is -0.0928. The number of hydrogen-bond acceptors (Lipinski definition) is 4. The SMILES string of the molecule is CC(NC(=O)N1CCn2c(nnc2-c2ccccc2)C1)c1ccncc1. The maximum atomic E-state index is 12.6. The van der Waals surface area contributed by atoms with Crippen LogP contribution < -0.4 is 5.32 Å². The Labute approximate surface area is 151 Å². The molecule has 7 heteroatoms. The minimum Gasteiger partial charge on any atom is -0.331 e. The van der Waals surface area contributed by atoms with Crippen molar-refractivity contribution in [2.45, 2.75) is 26.1 Å². The fourth-order valence-corrected chi connectivity index (χ4v) is 3.14. The molecule has 7 nitrogen and oxygen atoms in total. The maximum Gasteiger partial charge on any atom is 0.318 e. The fourth-order valence-electron chi connectivity index (χ4n) is 3.14. The molecule has 0 radical (unpaired) electrons. The van der Waals surface area contributed by atoms with Gasteiger partial charge >= 0.3 is 6.03 Å². The van der Waals surface area contributed by atoms with E-state index in [1.807, 2.05) is 49.4 Å². The highest BCUT2D eigenvalue weighted by molar-refractivity contribution is 5.74. The second-order valence-corrected chi connectivity index (χ2v) is 6.33. The molecule has 1 atom stereocenters. The number of nitrogens with zero attached hydrogens (tertiary/aromatic N) is 5. The lowest BCUT2D eigenvalue weighted by molar-refractivity contribution is 0.179. The van der Waals surface area contributed by atoms with Crippen LogP contribution in [0.4, 0.5) is 4.79 Å². The Bertz CT molecular complexity index is 893. The Kier molecular flexibility index (Phi) is 4.35. The second-order valence-electron chi connectivity index (χ2n) is 6.33. The molecule has 0 saturated heterocycles. The Balaban J connectivity index is 1.46. The van der Waals surface area contributed by atoms with E-state index in [0.29, 0.717) is 19.6 Å². The normalized spacial score (nSPS) is 14.6. The van der Waals surface area contributed by atoms with Crippen molar-refractivity contribution < 1.29 is 4.79 Å². The Morgan fingerprint density at radius 3 is 2.62 bits per heavy atom. The summed E-state index contributed by atoms with van der Waals surface area (Å²) in [7, 11) is 0. The van der Waals surface area contributed by atoms with Crippen molar-refractivity contribution >= 4 is 6.03 Å². The number of carbonyl (C=O) groups is 1. The van der Waals surface area contributed by atoms with Gasteiger partial charge in [-0.25, -0.2) is 4.79 Å². The lowest BCUT2D eigenvalue weighted by Gasteiger charge is -2.29. The van der Waals surface area contributed by atoms with E-state index in [9.17, 15) is 4.79 Å². The number of nitrogens with one attached hydrogen (secondary N) is 1. The van der Waals surface area contributed by atoms with Gasteiger partial charge in [0.05, 0.1) is 12.6 Å². The van der Waals surface area contributed by atoms with E-state index in [2.05, 4.69) is 25.1 Å². The predicted molar refractivity (Wildman–Crippen MR) is 97.1 cm³/mol. The molecule has 3 heterocycles. The zero-order valence-electron chi connectivity index (χ0n) is 14.5. The van der Waals surface area contributed by atoms with Crippen LogP contribution in [-0.2, 0) is 13.1 Å². The van der Waals surface area contributed by atoms with Gasteiger partial charge in [0.15, 0.2) is 11.6 Å². The van der Waals surface area contributed by atoms with Gasteiger partial charge in [0.1, 0.15) is 0 Å². The molecule has 1 aliphatic heterocycles. The van der Waals surface area contributed by atoms with Gasteiger partial charge in [0.25, 0.3) is 0 Å². The van der Waals surface area contributed by atoms with Crippen LogP contribution in [0.5, 0.6) is 0 Å². The van der Waals surface area contributed by atoms with Crippen LogP contribution in [0.1, 0.15) is 24.4 Å². The summed E-state index contributed by atoms with van der Waals surface area (Å²) in [5.74, 6) is 1.66. The standard InChI is InChI=1S/C19H20N6O/c1-14(15-7-9-20-10-8-15)21-19(26)24-11-12-25-17(13-24)22-23-18(25)16-5-3-2-4-6-16/h2-10,14H,11-13H2,1H3,(H,21,26). The number of benzene rings is 1. The summed E-state index contributed by atoms with van der Waals surface area (Å²) in [5.41, 5.74) is 2.07. The minimum absolute atomic E-state index is 0.0785. The Morgan fingerprint density at radius 2 is 1.85 bits per heavy atom. The van der Waals surface area contributed by atoms with Crippen LogP contribution >= 0.6 is 0 Å². The number of amides is 2. The third-order valence-electron chi connectivity index (χ3n) is 4.62. The van der Waals surface area contributed by atoms with Gasteiger partial charge in [-0.2, -0.15) is 0 Å². The van der Waals surface area contributed by atoms with Crippen LogP contribution in [0.25, 0.3) is 11.4 Å². The summed E-state index contributed by atoms with van der Waals surface area (Å²) in [6.07, 6.45) is 3.46. The number of pyridine rings is 1. The van der Waals surface area contributed by atoms with Gasteiger partial charge in [-0.3, -0.25) is 4.98 Å². The van der Waals surface area contributed by atoms with Crippen LogP contribution in [0, 0.1) is 0 Å². The van der Waals surface area contributed by atoms with Crippen LogP contribution in [0.15, 0.2) is 54.9 Å². The zero-order valence-corrected chi connectivity index (χ0v) is 14.5. The van der Waals surface area contributed by atoms with E-state index in [-0.39, 0.29) is 12.1 Å². The van der Waals surface area contributed by atoms with Crippen molar-refractivity contribution in [1.29, 1.82) is 0 Å². The van der Waals surface area contributed by atoms with Crippen LogP contribution in [-0.4, -0.2) is 37.2 Å². The van der Waals surface area contributed by atoms with Gasteiger partial charge in [-0.15, -0.1) is 10.2 Å². The van der Waals surface area contributed by atoms with Gasteiger partial charge in [-0.05, 0) is 24.6 Å². The molecule has 3 aromatic rings. The number of urea groups is 1. The summed E-state index contributed by atoms with van der Waals surface area (Å²) in [6, 6.07) is 13.6. The lowest BCUT2D eigenvalue weighted by atomic mass is 10.1. The molecule has 1 aliphatic rings. The Morgan fingerprint density at radius 1 is 1.08 bits per heavy atom. The highest BCUT2D eigenvalue weighted by Gasteiger charge is 2.25. The van der Waals surface area contributed by atoms with Crippen LogP contribution in [0.2, 0.25) is 0 Å². The fraction of sp³-hybridized carbons (Fsp3) is 0.263. The highest BCUT2D eigenvalue weighted by Crippen LogP contribution is 2.21. The quantitative estimate of drug-likeness (QED) is 0.789. The first-order valence-electron chi connectivity index (χ1n) is 8.65. The van der Waals surface area contributed by atoms with Gasteiger partial charge in [-0.1, -0.05) is 30.3 Å². The number of carbonyl (C=O) groups excluding carboxylic acids is 1. The van der Waals surface area contributed by atoms with E-state index in [0.717, 1.165) is 22.8 Å². The van der Waals surface area contributed by atoms with Crippen LogP contribution in [0.3, 0.4) is 0 Å². The van der Waals surface area contributed by atoms with E-state index >= 15 is 0 Å². The molecule has 1 unspecified atom stereocenters. The molecule has 0 saturated carbocycles. The number of aromatic nitrogens is 4. The van der Waals surface area contributed by atoms with Crippen molar-refractivity contribution in [2.75, 3.05) is 6.54 Å². The smallest absolute Gasteiger partial charge is 0.318 e. The first-order valence-corrected chi connectivity index (χ1v) is 8.65. The molecular weight excluding hydrogens is 328 g/mol. The maximum absolute atomic E-state index is 12.6. The Hall–Kier alpha value is -3.22. The molecular formula is C19H20N6O. The van der Waals surface area contributed by atoms with Gasteiger partial charge in [0, 0.05) is 31.0 Å². The first-order chi connectivity index (χ1) is 12.7. The zero-order chi connectivity index (χ0) is 17.9. The monoisotopic (exact) mass is 348 g/mol. The third kappa shape index (κ3) is 3.15. The van der Waals surface area contributed by atoms with E-state index < -0.39 is 0 Å². The topological polar surface area (TPSA) is 75.9 Å². The number of rotatable bonds is 3. The van der Waals surface area contributed by atoms with E-state index in [1.54, 1.807) is 17.3 Å². The van der Waals surface area contributed by atoms with Crippen molar-refractivity contribution in [2.24, 2.45) is 0 Å². The molecule has 1 N–H and O–H groups in total. The van der Waals surface area contributed by atoms with Crippen molar-refractivity contribution in [3.63, 3.8) is 0 Å². The predicted octanol–water partition coefficient (Wildman–Crippen LogP) is 2.63. The summed E-state index contributed by atoms with van der Waals surface area (Å²) in [6.45, 7) is 3.73. The molecule has 2 amide bonds. The molecule has 0 aliphatic carbocycles. The van der Waals surface area contributed by atoms with E-state index in [1.165, 1.54) is 0 Å². The molecule has 0 spiro atoms. The van der Waals surface area contributed by atoms with Gasteiger partial charge in [0.2, 0.25) is 0 Å². The molecule has 1 aromatic carbocycles. The molecule has 4 rings (SSSR count). The largest absolute Gasteiger partial charge is 0.331 e. The number of hydrogen-bond donors (Lipinski definition) is 1. The van der Waals surface area contributed by atoms with E-state index in [4.69, 9.17) is 0 Å². The third-order valence-corrected chi connectivity index (χ3v) is 4.62. The summed E-state index contributed by atoms with van der Waals surface area (Å²) in [4.78, 5) is 18.4. The highest BCUT2D eigenvalue weighted by atomic mass is 16.2. The molecule has 132 valence electrons. The summed E-state index contributed by atoms with van der Waals surface area (Å²) in [5, 5.41) is 11.6. The summed E-state index contributed by atoms with van der Waals surface area (Å²) < 4.78 is 2.09. The molecule has 2 aromatic heterocycles. The first kappa shape index (κ1) is 16.3. The molecule has 0 bridgehead atoms. The van der Waals surface area contributed by atoms with Crippen molar-refractivity contribution in [3.05, 3.63) is 66.2 Å². The lowest BCUT2D eigenvalue weighted by Crippen LogP contribution is -2.45. The molecule has 0 fully saturated rings. The average Bonchev–Trinajstić information content (AvgIpc) is 3.12. The van der Waals surface area contributed by atoms with Crippen molar-refractivity contribution in [3.8, 4) is 11.4 Å². The second kappa shape index (κ2) is 6.95.